The molecule has 51 heavy (non-hydrogen) atoms. The van der Waals surface area contributed by atoms with Crippen molar-refractivity contribution in [3.8, 4) is 0 Å². The topological polar surface area (TPSA) is 160 Å². The van der Waals surface area contributed by atoms with Crippen molar-refractivity contribution < 1.29 is 40.2 Å². The predicted molar refractivity (Wildman–Crippen MR) is 207 cm³/mol. The lowest BCUT2D eigenvalue weighted by molar-refractivity contribution is -0.181. The third-order valence-electron chi connectivity index (χ3n) is 10.5. The molecule has 0 radical (unpaired) electrons. The van der Waals surface area contributed by atoms with Crippen LogP contribution in [0, 0.1) is 5.92 Å². The molecule has 8 atom stereocenters. The second-order valence-corrected chi connectivity index (χ2v) is 15.2. The van der Waals surface area contributed by atoms with Gasteiger partial charge in [0.05, 0.1) is 31.0 Å². The summed E-state index contributed by atoms with van der Waals surface area (Å²) in [6.07, 6.45) is 24.8. The van der Waals surface area contributed by atoms with Gasteiger partial charge in [0.25, 0.3) is 0 Å². The van der Waals surface area contributed by atoms with Gasteiger partial charge in [-0.15, -0.1) is 0 Å². The van der Waals surface area contributed by atoms with Gasteiger partial charge in [-0.05, 0) is 45.4 Å². The zero-order valence-electron chi connectivity index (χ0n) is 32.7. The molecule has 1 saturated carbocycles. The molecule has 0 bridgehead atoms. The van der Waals surface area contributed by atoms with Gasteiger partial charge in [-0.25, -0.2) is 0 Å². The SMILES string of the molecule is CCCCCCCCCCCCCCC(O)C(=O)NC(COC1CC(CO)C(O)C(O)C1O)C(O)C=CCCC=C(C)CCCCCCCCC. The van der Waals surface area contributed by atoms with Gasteiger partial charge in [-0.3, -0.25) is 4.79 Å². The first-order chi connectivity index (χ1) is 24.7. The number of rotatable bonds is 32. The molecule has 0 saturated heterocycles. The number of hydrogen-bond acceptors (Lipinski definition) is 8. The van der Waals surface area contributed by atoms with Gasteiger partial charge in [-0.2, -0.15) is 0 Å². The Kier molecular flexibility index (Phi) is 29.0. The van der Waals surface area contributed by atoms with E-state index in [1.54, 1.807) is 6.08 Å². The van der Waals surface area contributed by atoms with Crippen molar-refractivity contribution in [3.05, 3.63) is 23.8 Å². The Labute approximate surface area is 311 Å². The number of allylic oxidation sites excluding steroid dienone is 3. The number of aliphatic hydroxyl groups excluding tert-OH is 6. The van der Waals surface area contributed by atoms with Gasteiger partial charge in [0.15, 0.2) is 0 Å². The molecule has 7 N–H and O–H groups in total. The van der Waals surface area contributed by atoms with Crippen LogP contribution in [0.3, 0.4) is 0 Å². The van der Waals surface area contributed by atoms with E-state index in [1.165, 1.54) is 108 Å². The lowest BCUT2D eigenvalue weighted by Gasteiger charge is -2.40. The molecule has 0 spiro atoms. The second kappa shape index (κ2) is 31.1. The Hall–Kier alpha value is -1.33. The number of nitrogens with one attached hydrogen (secondary N) is 1. The molecule has 0 aromatic carbocycles. The van der Waals surface area contributed by atoms with Gasteiger partial charge < -0.3 is 40.7 Å². The van der Waals surface area contributed by atoms with Crippen LogP contribution in [0.1, 0.15) is 175 Å². The number of carbonyl (C=O) groups excluding carboxylic acids is 1. The van der Waals surface area contributed by atoms with Crippen LogP contribution in [-0.4, -0.2) is 92.4 Å². The van der Waals surface area contributed by atoms with E-state index in [4.69, 9.17) is 4.74 Å². The summed E-state index contributed by atoms with van der Waals surface area (Å²) in [6.45, 7) is 6.07. The standard InChI is InChI=1S/C42H79NO8/c1-4-6-8-10-12-13-14-15-16-18-20-24-29-37(46)42(50)43-35(32-51-38-30-34(31-44)39(47)41(49)40(38)48)36(45)28-25-21-23-27-33(3)26-22-19-17-11-9-7-5-2/h25,27-28,34-41,44-49H,4-24,26,29-32H2,1-3H3,(H,43,50). The quantitative estimate of drug-likeness (QED) is 0.0284. The van der Waals surface area contributed by atoms with Crippen molar-refractivity contribution in [1.82, 2.24) is 5.32 Å². The summed E-state index contributed by atoms with van der Waals surface area (Å²) in [6, 6.07) is -0.913. The Balaban J connectivity index is 2.59. The first-order valence-corrected chi connectivity index (χ1v) is 20.9. The van der Waals surface area contributed by atoms with Crippen molar-refractivity contribution in [1.29, 1.82) is 0 Å². The first-order valence-electron chi connectivity index (χ1n) is 20.9. The molecule has 9 nitrogen and oxygen atoms in total. The highest BCUT2D eigenvalue weighted by Crippen LogP contribution is 2.28. The summed E-state index contributed by atoms with van der Waals surface area (Å²) >= 11 is 0. The fraction of sp³-hybridized carbons (Fsp3) is 0.881. The molecule has 9 heteroatoms. The Morgan fingerprint density at radius 3 is 1.82 bits per heavy atom. The van der Waals surface area contributed by atoms with Crippen LogP contribution in [0.25, 0.3) is 0 Å². The number of carbonyl (C=O) groups is 1. The second-order valence-electron chi connectivity index (χ2n) is 15.2. The third kappa shape index (κ3) is 22.5. The van der Waals surface area contributed by atoms with Crippen LogP contribution in [0.4, 0.5) is 0 Å². The zero-order chi connectivity index (χ0) is 37.7. The average molecular weight is 726 g/mol. The molecule has 0 aromatic heterocycles. The van der Waals surface area contributed by atoms with Crippen LogP contribution in [0.2, 0.25) is 0 Å². The highest BCUT2D eigenvalue weighted by Gasteiger charge is 2.43. The largest absolute Gasteiger partial charge is 0.396 e. The lowest BCUT2D eigenvalue weighted by atomic mass is 9.81. The van der Waals surface area contributed by atoms with Crippen LogP contribution in [-0.2, 0) is 9.53 Å². The molecule has 1 aliphatic carbocycles. The maximum absolute atomic E-state index is 13.0. The van der Waals surface area contributed by atoms with Crippen molar-refractivity contribution in [2.24, 2.45) is 5.92 Å². The molecule has 0 heterocycles. The van der Waals surface area contributed by atoms with Gasteiger partial charge in [0.2, 0.25) is 5.91 Å². The minimum absolute atomic E-state index is 0.106. The Bertz CT molecular complexity index is 896. The molecule has 1 aliphatic rings. The third-order valence-corrected chi connectivity index (χ3v) is 10.5. The summed E-state index contributed by atoms with van der Waals surface area (Å²) in [4.78, 5) is 13.0. The summed E-state index contributed by atoms with van der Waals surface area (Å²) in [5.74, 6) is -1.26. The molecule has 300 valence electrons. The summed E-state index contributed by atoms with van der Waals surface area (Å²) in [5.41, 5.74) is 1.37. The van der Waals surface area contributed by atoms with Crippen molar-refractivity contribution in [3.63, 3.8) is 0 Å². The van der Waals surface area contributed by atoms with Crippen LogP contribution in [0.5, 0.6) is 0 Å². The molecule has 1 rings (SSSR count). The van der Waals surface area contributed by atoms with Crippen molar-refractivity contribution >= 4 is 5.91 Å². The molecule has 0 aromatic rings. The Morgan fingerprint density at radius 1 is 0.745 bits per heavy atom. The van der Waals surface area contributed by atoms with E-state index in [0.717, 1.165) is 38.5 Å². The van der Waals surface area contributed by atoms with E-state index in [9.17, 15) is 35.4 Å². The fourth-order valence-corrected chi connectivity index (χ4v) is 6.93. The smallest absolute Gasteiger partial charge is 0.249 e. The van der Waals surface area contributed by atoms with E-state index in [2.05, 4.69) is 32.2 Å². The van der Waals surface area contributed by atoms with Crippen LogP contribution < -0.4 is 5.32 Å². The average Bonchev–Trinajstić information content (AvgIpc) is 3.12. The van der Waals surface area contributed by atoms with Gasteiger partial charge in [0.1, 0.15) is 18.3 Å². The van der Waals surface area contributed by atoms with Crippen LogP contribution in [0.15, 0.2) is 23.8 Å². The van der Waals surface area contributed by atoms with Gasteiger partial charge in [-0.1, -0.05) is 153 Å². The normalized spacial score (nSPS) is 23.1. The van der Waals surface area contributed by atoms with Gasteiger partial charge in [0, 0.05) is 12.5 Å². The maximum Gasteiger partial charge on any atom is 0.249 e. The minimum Gasteiger partial charge on any atom is -0.396 e. The van der Waals surface area contributed by atoms with Gasteiger partial charge >= 0.3 is 0 Å². The number of unbranched alkanes of at least 4 members (excludes halogenated alkanes) is 18. The molecule has 8 unspecified atom stereocenters. The number of hydrogen-bond donors (Lipinski definition) is 7. The highest BCUT2D eigenvalue weighted by molar-refractivity contribution is 5.80. The fourth-order valence-electron chi connectivity index (χ4n) is 6.93. The number of amides is 1. The van der Waals surface area contributed by atoms with E-state index in [-0.39, 0.29) is 19.6 Å². The van der Waals surface area contributed by atoms with E-state index in [1.807, 2.05) is 6.08 Å². The Morgan fingerprint density at radius 2 is 1.27 bits per heavy atom. The monoisotopic (exact) mass is 726 g/mol. The maximum atomic E-state index is 13.0. The predicted octanol–water partition coefficient (Wildman–Crippen LogP) is 7.19. The highest BCUT2D eigenvalue weighted by atomic mass is 16.5. The molecular formula is C42H79NO8. The zero-order valence-corrected chi connectivity index (χ0v) is 32.7. The van der Waals surface area contributed by atoms with E-state index in [0.29, 0.717) is 6.42 Å². The number of ether oxygens (including phenoxy) is 1. The number of aliphatic hydroxyl groups is 6. The minimum atomic E-state index is -1.49. The van der Waals surface area contributed by atoms with Crippen molar-refractivity contribution in [2.45, 2.75) is 218 Å². The molecular weight excluding hydrogens is 646 g/mol. The van der Waals surface area contributed by atoms with E-state index >= 15 is 0 Å². The van der Waals surface area contributed by atoms with E-state index < -0.39 is 54.5 Å². The first kappa shape index (κ1) is 47.7. The molecule has 1 fully saturated rings. The summed E-state index contributed by atoms with van der Waals surface area (Å²) in [5, 5.41) is 65.0. The lowest BCUT2D eigenvalue weighted by Crippen LogP contribution is -2.56. The van der Waals surface area contributed by atoms with Crippen LogP contribution >= 0.6 is 0 Å². The molecule has 0 aliphatic heterocycles. The van der Waals surface area contributed by atoms with Crippen molar-refractivity contribution in [2.75, 3.05) is 13.2 Å². The molecule has 1 amide bonds. The summed E-state index contributed by atoms with van der Waals surface area (Å²) in [7, 11) is 0. The summed E-state index contributed by atoms with van der Waals surface area (Å²) < 4.78 is 5.89.